The topological polar surface area (TPSA) is 40.5 Å². The van der Waals surface area contributed by atoms with Gasteiger partial charge in [0, 0.05) is 57.4 Å². The van der Waals surface area contributed by atoms with Crippen LogP contribution < -0.4 is 4.74 Å². The molecule has 0 radical (unpaired) electrons. The minimum atomic E-state index is 0.726. The summed E-state index contributed by atoms with van der Waals surface area (Å²) in [6.07, 6.45) is 2.82. The number of halogens is 1. The second-order valence-electron chi connectivity index (χ2n) is 8.25. The van der Waals surface area contributed by atoms with Gasteiger partial charge in [0.05, 0.1) is 19.6 Å². The van der Waals surface area contributed by atoms with E-state index in [1.807, 2.05) is 48.8 Å². The Hall–Kier alpha value is -2.12. The molecule has 0 aromatic heterocycles. The lowest BCUT2D eigenvalue weighted by atomic mass is 10.1. The fourth-order valence-corrected chi connectivity index (χ4v) is 4.24. The van der Waals surface area contributed by atoms with Gasteiger partial charge >= 0.3 is 0 Å². The van der Waals surface area contributed by atoms with Gasteiger partial charge < -0.3 is 14.4 Å². The number of hydrogen-bond acceptors (Lipinski definition) is 5. The summed E-state index contributed by atoms with van der Waals surface area (Å²) < 4.78 is 11.7. The van der Waals surface area contributed by atoms with E-state index in [2.05, 4.69) is 21.6 Å². The number of ether oxygens (including phenoxy) is 2. The zero-order chi connectivity index (χ0) is 22.2. The van der Waals surface area contributed by atoms with Crippen molar-refractivity contribution in [1.82, 2.24) is 14.7 Å². The van der Waals surface area contributed by atoms with Crippen LogP contribution in [0.5, 0.6) is 11.5 Å². The van der Waals surface area contributed by atoms with Crippen molar-refractivity contribution in [2.45, 2.75) is 13.3 Å². The van der Waals surface area contributed by atoms with Gasteiger partial charge in [-0.3, -0.25) is 9.80 Å². The van der Waals surface area contributed by atoms with E-state index in [1.54, 1.807) is 0 Å². The standard InChI is InChI=1S/C25H33ClN4O2/c1-2-21-19-22(26)7-8-24(21)32-25-6-4-3-5-23(25)27-20-30-13-11-28(12-14-30)9-10-29-15-17-31-18-16-29/h3-8,19-20H,2,9-18H2,1H3. The van der Waals surface area contributed by atoms with Crippen LogP contribution in [-0.2, 0) is 11.2 Å². The molecular formula is C25H33ClN4O2. The van der Waals surface area contributed by atoms with Gasteiger partial charge in [0.2, 0.25) is 0 Å². The van der Waals surface area contributed by atoms with Crippen LogP contribution in [0, 0.1) is 0 Å². The number of para-hydroxylation sites is 2. The fraction of sp³-hybridized carbons (Fsp3) is 0.480. The first-order chi connectivity index (χ1) is 15.7. The van der Waals surface area contributed by atoms with Gasteiger partial charge in [-0.2, -0.15) is 0 Å². The summed E-state index contributed by atoms with van der Waals surface area (Å²) in [5.41, 5.74) is 1.92. The number of aliphatic imine (C=N–C) groups is 1. The molecule has 2 aliphatic rings. The van der Waals surface area contributed by atoms with Crippen molar-refractivity contribution >= 4 is 23.6 Å². The van der Waals surface area contributed by atoms with Crippen molar-refractivity contribution in [2.75, 3.05) is 65.6 Å². The van der Waals surface area contributed by atoms with E-state index in [0.29, 0.717) is 0 Å². The molecule has 2 aromatic rings. The van der Waals surface area contributed by atoms with Crippen LogP contribution in [-0.4, -0.2) is 86.6 Å². The molecule has 2 heterocycles. The molecule has 0 spiro atoms. The van der Waals surface area contributed by atoms with Crippen LogP contribution in [0.3, 0.4) is 0 Å². The molecule has 4 rings (SSSR count). The molecule has 2 saturated heterocycles. The molecule has 0 aliphatic carbocycles. The Morgan fingerprint density at radius 3 is 2.41 bits per heavy atom. The van der Waals surface area contributed by atoms with Crippen LogP contribution in [0.15, 0.2) is 47.5 Å². The molecular weight excluding hydrogens is 424 g/mol. The Kier molecular flexibility index (Phi) is 8.40. The summed E-state index contributed by atoms with van der Waals surface area (Å²) in [5, 5.41) is 0.726. The SMILES string of the molecule is CCc1cc(Cl)ccc1Oc1ccccc1N=CN1CCN(CCN2CCOCC2)CC1. The molecule has 32 heavy (non-hydrogen) atoms. The van der Waals surface area contributed by atoms with Crippen LogP contribution >= 0.6 is 11.6 Å². The van der Waals surface area contributed by atoms with E-state index in [4.69, 9.17) is 26.1 Å². The maximum atomic E-state index is 6.22. The molecule has 2 aliphatic heterocycles. The van der Waals surface area contributed by atoms with Crippen molar-refractivity contribution in [1.29, 1.82) is 0 Å². The molecule has 172 valence electrons. The zero-order valence-corrected chi connectivity index (χ0v) is 19.6. The van der Waals surface area contributed by atoms with E-state index in [9.17, 15) is 0 Å². The lowest BCUT2D eigenvalue weighted by Crippen LogP contribution is -2.48. The van der Waals surface area contributed by atoms with E-state index in [-0.39, 0.29) is 0 Å². The Bertz CT molecular complexity index is 893. The molecule has 0 unspecified atom stereocenters. The van der Waals surface area contributed by atoms with E-state index < -0.39 is 0 Å². The number of aryl methyl sites for hydroxylation is 1. The first kappa shape index (κ1) is 23.1. The maximum Gasteiger partial charge on any atom is 0.153 e. The zero-order valence-electron chi connectivity index (χ0n) is 18.9. The van der Waals surface area contributed by atoms with Crippen molar-refractivity contribution in [3.05, 3.63) is 53.1 Å². The molecule has 0 atom stereocenters. The Labute approximate surface area is 196 Å². The molecule has 0 saturated carbocycles. The fourth-order valence-electron chi connectivity index (χ4n) is 4.05. The minimum Gasteiger partial charge on any atom is -0.455 e. The normalized spacial score (nSPS) is 18.4. The van der Waals surface area contributed by atoms with Gasteiger partial charge in [0.15, 0.2) is 5.75 Å². The van der Waals surface area contributed by atoms with Gasteiger partial charge in [-0.25, -0.2) is 4.99 Å². The minimum absolute atomic E-state index is 0.726. The highest BCUT2D eigenvalue weighted by Gasteiger charge is 2.17. The predicted octanol–water partition coefficient (Wildman–Crippen LogP) is 4.30. The first-order valence-corrected chi connectivity index (χ1v) is 11.9. The lowest BCUT2D eigenvalue weighted by Gasteiger charge is -2.35. The Balaban J connectivity index is 1.31. The molecule has 0 amide bonds. The highest BCUT2D eigenvalue weighted by Crippen LogP contribution is 2.34. The quantitative estimate of drug-likeness (QED) is 0.437. The highest BCUT2D eigenvalue weighted by atomic mass is 35.5. The summed E-state index contributed by atoms with van der Waals surface area (Å²) in [4.78, 5) is 12.1. The molecule has 0 N–H and O–H groups in total. The van der Waals surface area contributed by atoms with Crippen LogP contribution in [0.1, 0.15) is 12.5 Å². The third-order valence-corrected chi connectivity index (χ3v) is 6.33. The second kappa shape index (κ2) is 11.7. The van der Waals surface area contributed by atoms with Gasteiger partial charge in [-0.05, 0) is 42.3 Å². The first-order valence-electron chi connectivity index (χ1n) is 11.6. The molecule has 0 bridgehead atoms. The summed E-state index contributed by atoms with van der Waals surface area (Å²) in [5.74, 6) is 1.58. The number of piperazine rings is 1. The second-order valence-corrected chi connectivity index (χ2v) is 8.69. The summed E-state index contributed by atoms with van der Waals surface area (Å²) in [7, 11) is 0. The smallest absolute Gasteiger partial charge is 0.153 e. The van der Waals surface area contributed by atoms with Gasteiger partial charge in [0.1, 0.15) is 11.4 Å². The highest BCUT2D eigenvalue weighted by molar-refractivity contribution is 6.30. The van der Waals surface area contributed by atoms with Gasteiger partial charge in [-0.15, -0.1) is 0 Å². The average Bonchev–Trinajstić information content (AvgIpc) is 2.84. The van der Waals surface area contributed by atoms with E-state index in [0.717, 1.165) is 99.8 Å². The number of morpholine rings is 1. The van der Waals surface area contributed by atoms with Crippen LogP contribution in [0.25, 0.3) is 0 Å². The van der Waals surface area contributed by atoms with Gasteiger partial charge in [-0.1, -0.05) is 30.7 Å². The van der Waals surface area contributed by atoms with Crippen molar-refractivity contribution in [3.8, 4) is 11.5 Å². The van der Waals surface area contributed by atoms with Crippen LogP contribution in [0.4, 0.5) is 5.69 Å². The monoisotopic (exact) mass is 456 g/mol. The van der Waals surface area contributed by atoms with Crippen LogP contribution in [0.2, 0.25) is 5.02 Å². The average molecular weight is 457 g/mol. The van der Waals surface area contributed by atoms with Gasteiger partial charge in [0.25, 0.3) is 0 Å². The third kappa shape index (κ3) is 6.45. The predicted molar refractivity (Wildman–Crippen MR) is 131 cm³/mol. The van der Waals surface area contributed by atoms with Crippen molar-refractivity contribution < 1.29 is 9.47 Å². The largest absolute Gasteiger partial charge is 0.455 e. The Morgan fingerprint density at radius 1 is 0.938 bits per heavy atom. The number of nitrogens with zero attached hydrogens (tertiary/aromatic N) is 4. The summed E-state index contributed by atoms with van der Waals surface area (Å²) in [6.45, 7) is 12.3. The van der Waals surface area contributed by atoms with Crippen molar-refractivity contribution in [3.63, 3.8) is 0 Å². The number of rotatable bonds is 8. The third-order valence-electron chi connectivity index (χ3n) is 6.09. The summed E-state index contributed by atoms with van der Waals surface area (Å²) in [6, 6.07) is 13.7. The maximum absolute atomic E-state index is 6.22. The molecule has 2 fully saturated rings. The van der Waals surface area contributed by atoms with Crippen molar-refractivity contribution in [2.24, 2.45) is 4.99 Å². The van der Waals surface area contributed by atoms with E-state index >= 15 is 0 Å². The Morgan fingerprint density at radius 2 is 1.66 bits per heavy atom. The van der Waals surface area contributed by atoms with E-state index in [1.165, 1.54) is 0 Å². The number of benzene rings is 2. The molecule has 6 nitrogen and oxygen atoms in total. The lowest BCUT2D eigenvalue weighted by molar-refractivity contribution is 0.0316. The summed E-state index contributed by atoms with van der Waals surface area (Å²) >= 11 is 6.14. The molecule has 7 heteroatoms. The number of hydrogen-bond donors (Lipinski definition) is 0. The molecule has 2 aromatic carbocycles.